The number of benzene rings is 1. The summed E-state index contributed by atoms with van der Waals surface area (Å²) in [5, 5.41) is 0. The predicted molar refractivity (Wildman–Crippen MR) is 37.6 cm³/mol. The van der Waals surface area contributed by atoms with Gasteiger partial charge >= 0.3 is 0 Å². The van der Waals surface area contributed by atoms with Crippen LogP contribution < -0.4 is 9.47 Å². The third kappa shape index (κ3) is 1.05. The normalized spacial score (nSPS) is 14.9. The second-order valence-electron chi connectivity index (χ2n) is 2.21. The monoisotopic (exact) mass is 150 g/mol. The van der Waals surface area contributed by atoms with Gasteiger partial charge in [0, 0.05) is 0 Å². The van der Waals surface area contributed by atoms with Gasteiger partial charge in [0.2, 0.25) is 6.29 Å². The van der Waals surface area contributed by atoms with Crippen molar-refractivity contribution in [2.45, 2.75) is 6.29 Å². The van der Waals surface area contributed by atoms with E-state index in [-0.39, 0.29) is 0 Å². The number of aldehydes is 1. The zero-order chi connectivity index (χ0) is 7.68. The smallest absolute Gasteiger partial charge is 0.297 e. The molecule has 2 bridgehead atoms. The summed E-state index contributed by atoms with van der Waals surface area (Å²) in [7, 11) is 0. The molecule has 3 rings (SSSR count). The Kier molecular flexibility index (Phi) is 1.28. The number of hydrogen-bond donors (Lipinski definition) is 0. The van der Waals surface area contributed by atoms with Crippen LogP contribution in [0.1, 0.15) is 0 Å². The van der Waals surface area contributed by atoms with Gasteiger partial charge in [0.1, 0.15) is 11.5 Å². The van der Waals surface area contributed by atoms with E-state index in [1.54, 1.807) is 24.3 Å². The molecule has 0 fully saturated rings. The maximum atomic E-state index is 10.3. The Balaban J connectivity index is 2.37. The van der Waals surface area contributed by atoms with E-state index in [1.807, 2.05) is 0 Å². The lowest BCUT2D eigenvalue weighted by Gasteiger charge is -2.08. The summed E-state index contributed by atoms with van der Waals surface area (Å²) in [5.41, 5.74) is 0. The van der Waals surface area contributed by atoms with Gasteiger partial charge < -0.3 is 9.47 Å². The fourth-order valence-corrected chi connectivity index (χ4v) is 0.945. The first kappa shape index (κ1) is 6.22. The molecular formula is C8H6O3. The van der Waals surface area contributed by atoms with E-state index in [9.17, 15) is 4.79 Å². The molecule has 0 unspecified atom stereocenters. The molecule has 0 spiro atoms. The highest BCUT2D eigenvalue weighted by atomic mass is 16.7. The molecular weight excluding hydrogens is 144 g/mol. The van der Waals surface area contributed by atoms with E-state index in [2.05, 4.69) is 0 Å². The van der Waals surface area contributed by atoms with Crippen molar-refractivity contribution in [1.82, 2.24) is 0 Å². The lowest BCUT2D eigenvalue weighted by molar-refractivity contribution is -0.124. The molecule has 3 heteroatoms. The molecule has 0 amide bonds. The fourth-order valence-electron chi connectivity index (χ4n) is 0.945. The maximum Gasteiger partial charge on any atom is 0.297 e. The van der Waals surface area contributed by atoms with Crippen molar-refractivity contribution >= 4 is 6.29 Å². The average molecular weight is 150 g/mol. The average Bonchev–Trinajstić information content (AvgIpc) is 2.35. The molecule has 1 aromatic rings. The molecule has 0 saturated carbocycles. The summed E-state index contributed by atoms with van der Waals surface area (Å²) >= 11 is 0. The summed E-state index contributed by atoms with van der Waals surface area (Å²) in [4.78, 5) is 10.3. The van der Waals surface area contributed by atoms with Gasteiger partial charge in [0.05, 0.1) is 0 Å². The van der Waals surface area contributed by atoms with Gasteiger partial charge in [-0.05, 0) is 24.3 Å². The van der Waals surface area contributed by atoms with Crippen LogP contribution in [-0.4, -0.2) is 12.6 Å². The Bertz CT molecular complexity index is 240. The van der Waals surface area contributed by atoms with Gasteiger partial charge in [-0.25, -0.2) is 0 Å². The van der Waals surface area contributed by atoms with Gasteiger partial charge in [-0.15, -0.1) is 0 Å². The first-order valence-corrected chi connectivity index (χ1v) is 3.27. The Morgan fingerprint density at radius 2 is 1.55 bits per heavy atom. The van der Waals surface area contributed by atoms with E-state index in [0.717, 1.165) is 0 Å². The Morgan fingerprint density at radius 3 is 1.91 bits per heavy atom. The summed E-state index contributed by atoms with van der Waals surface area (Å²) in [5.74, 6) is 1.31. The topological polar surface area (TPSA) is 35.5 Å². The number of ether oxygens (including phenoxy) is 2. The number of carbonyl (C=O) groups is 1. The van der Waals surface area contributed by atoms with Gasteiger partial charge in [-0.2, -0.15) is 0 Å². The zero-order valence-electron chi connectivity index (χ0n) is 5.69. The van der Waals surface area contributed by atoms with Crippen LogP contribution in [0.4, 0.5) is 0 Å². The third-order valence-electron chi connectivity index (χ3n) is 1.44. The van der Waals surface area contributed by atoms with Crippen LogP contribution in [0.25, 0.3) is 0 Å². The molecule has 0 aromatic heterocycles. The second kappa shape index (κ2) is 2.27. The van der Waals surface area contributed by atoms with Crippen molar-refractivity contribution in [2.75, 3.05) is 0 Å². The van der Waals surface area contributed by atoms with Gasteiger partial charge in [0.15, 0.2) is 0 Å². The zero-order valence-corrected chi connectivity index (χ0v) is 5.69. The first-order chi connectivity index (χ1) is 5.38. The summed E-state index contributed by atoms with van der Waals surface area (Å²) in [6, 6.07) is 7.05. The van der Waals surface area contributed by atoms with Crippen LogP contribution in [0.15, 0.2) is 24.3 Å². The van der Waals surface area contributed by atoms with E-state index >= 15 is 0 Å². The standard InChI is InChI=1S/C8H6O3/c9-5-8-10-6-1-2-7(11-8)4-3-6/h1-5,8H. The Hall–Kier alpha value is -1.51. The fraction of sp³-hybridized carbons (Fsp3) is 0.125. The molecule has 56 valence electrons. The van der Waals surface area contributed by atoms with Crippen molar-refractivity contribution in [3.8, 4) is 11.5 Å². The molecule has 0 saturated heterocycles. The maximum absolute atomic E-state index is 10.3. The van der Waals surface area contributed by atoms with Crippen LogP contribution >= 0.6 is 0 Å². The largest absolute Gasteiger partial charge is 0.448 e. The van der Waals surface area contributed by atoms with Gasteiger partial charge in [0.25, 0.3) is 6.29 Å². The highest BCUT2D eigenvalue weighted by molar-refractivity contribution is 5.56. The van der Waals surface area contributed by atoms with Gasteiger partial charge in [-0.3, -0.25) is 4.79 Å². The van der Waals surface area contributed by atoms with Crippen LogP contribution in [-0.2, 0) is 4.79 Å². The molecule has 0 atom stereocenters. The minimum Gasteiger partial charge on any atom is -0.448 e. The number of rotatable bonds is 1. The van der Waals surface area contributed by atoms with Gasteiger partial charge in [-0.1, -0.05) is 0 Å². The lowest BCUT2D eigenvalue weighted by atomic mass is 10.3. The summed E-state index contributed by atoms with van der Waals surface area (Å²) in [6.07, 6.45) is -0.162. The van der Waals surface area contributed by atoms with Crippen LogP contribution in [0.5, 0.6) is 11.5 Å². The highest BCUT2D eigenvalue weighted by Crippen LogP contribution is 2.23. The number of carbonyl (C=O) groups excluding carboxylic acids is 1. The molecule has 0 N–H and O–H groups in total. The number of fused-ring (bicyclic) bond motifs is 4. The van der Waals surface area contributed by atoms with Crippen molar-refractivity contribution in [3.05, 3.63) is 24.3 Å². The Labute approximate surface area is 63.5 Å². The SMILES string of the molecule is O=CC1Oc2ccc(cc2)O1. The molecule has 0 aliphatic carbocycles. The lowest BCUT2D eigenvalue weighted by Crippen LogP contribution is -2.23. The molecule has 3 nitrogen and oxygen atoms in total. The summed E-state index contributed by atoms with van der Waals surface area (Å²) < 4.78 is 10.2. The minimum atomic E-state index is -0.787. The van der Waals surface area contributed by atoms with E-state index in [1.165, 1.54) is 0 Å². The minimum absolute atomic E-state index is 0.625. The molecule has 1 aromatic carbocycles. The molecule has 0 radical (unpaired) electrons. The molecule has 11 heavy (non-hydrogen) atoms. The first-order valence-electron chi connectivity index (χ1n) is 3.27. The van der Waals surface area contributed by atoms with E-state index in [0.29, 0.717) is 17.8 Å². The van der Waals surface area contributed by atoms with E-state index in [4.69, 9.17) is 9.47 Å². The van der Waals surface area contributed by atoms with Crippen LogP contribution in [0.2, 0.25) is 0 Å². The van der Waals surface area contributed by atoms with Crippen molar-refractivity contribution < 1.29 is 14.3 Å². The Morgan fingerprint density at radius 1 is 1.09 bits per heavy atom. The molecule has 2 aliphatic rings. The van der Waals surface area contributed by atoms with Crippen molar-refractivity contribution in [1.29, 1.82) is 0 Å². The highest BCUT2D eigenvalue weighted by Gasteiger charge is 2.14. The van der Waals surface area contributed by atoms with Crippen LogP contribution in [0, 0.1) is 0 Å². The summed E-state index contributed by atoms with van der Waals surface area (Å²) in [6.45, 7) is 0. The molecule has 2 heterocycles. The quantitative estimate of drug-likeness (QED) is 0.560. The predicted octanol–water partition coefficient (Wildman–Crippen LogP) is 0.983. The number of hydrogen-bond acceptors (Lipinski definition) is 3. The second-order valence-corrected chi connectivity index (χ2v) is 2.21. The molecule has 2 aliphatic heterocycles. The van der Waals surface area contributed by atoms with Crippen LogP contribution in [0.3, 0.4) is 0 Å². The van der Waals surface area contributed by atoms with E-state index < -0.39 is 6.29 Å². The van der Waals surface area contributed by atoms with Crippen molar-refractivity contribution in [3.63, 3.8) is 0 Å². The van der Waals surface area contributed by atoms with Crippen molar-refractivity contribution in [2.24, 2.45) is 0 Å². The third-order valence-corrected chi connectivity index (χ3v) is 1.44.